The molecule has 0 atom stereocenters. The second kappa shape index (κ2) is 4.73. The van der Waals surface area contributed by atoms with E-state index in [1.54, 1.807) is 12.1 Å². The highest BCUT2D eigenvalue weighted by Crippen LogP contribution is 2.16. The molecule has 0 saturated carbocycles. The lowest BCUT2D eigenvalue weighted by atomic mass is 10.2. The average Bonchev–Trinajstić information content (AvgIpc) is 2.32. The summed E-state index contributed by atoms with van der Waals surface area (Å²) in [6.45, 7) is -0.125. The highest BCUT2D eigenvalue weighted by Gasteiger charge is 2.08. The Bertz CT molecular complexity index is 534. The number of rotatable bonds is 3. The zero-order valence-electron chi connectivity index (χ0n) is 8.73. The van der Waals surface area contributed by atoms with Gasteiger partial charge < -0.3 is 10.5 Å². The zero-order chi connectivity index (χ0) is 12.3. The molecule has 0 aliphatic carbocycles. The summed E-state index contributed by atoms with van der Waals surface area (Å²) < 4.78 is 31.5. The number of hydrogen-bond donors (Lipinski definition) is 1. The van der Waals surface area contributed by atoms with Crippen molar-refractivity contribution < 1.29 is 13.5 Å². The fraction of sp³-hybridized carbons (Fsp3) is 0.0909. The minimum absolute atomic E-state index is 0.102. The van der Waals surface area contributed by atoms with E-state index < -0.39 is 11.6 Å². The molecule has 88 valence electrons. The van der Waals surface area contributed by atoms with Crippen LogP contribution >= 0.6 is 0 Å². The van der Waals surface area contributed by atoms with E-state index in [9.17, 15) is 8.78 Å². The van der Waals surface area contributed by atoms with E-state index in [0.29, 0.717) is 5.56 Å². The van der Waals surface area contributed by atoms with E-state index in [4.69, 9.17) is 10.5 Å². The van der Waals surface area contributed by atoms with Gasteiger partial charge in [-0.25, -0.2) is 9.37 Å². The first-order valence-corrected chi connectivity index (χ1v) is 4.81. The normalized spacial score (nSPS) is 10.2. The third kappa shape index (κ3) is 2.66. The van der Waals surface area contributed by atoms with E-state index in [1.165, 1.54) is 12.1 Å². The molecule has 0 aliphatic rings. The van der Waals surface area contributed by atoms with Crippen molar-refractivity contribution in [1.29, 1.82) is 0 Å². The summed E-state index contributed by atoms with van der Waals surface area (Å²) in [5.74, 6) is -1.55. The zero-order valence-corrected chi connectivity index (χ0v) is 8.73. The van der Waals surface area contributed by atoms with E-state index in [2.05, 4.69) is 9.97 Å². The van der Waals surface area contributed by atoms with Crippen LogP contribution in [0.2, 0.25) is 0 Å². The molecule has 1 aromatic heterocycles. The number of hydrogen-bond acceptors (Lipinski definition) is 4. The molecule has 2 N–H and O–H groups in total. The molecule has 2 rings (SSSR count). The third-order valence-electron chi connectivity index (χ3n) is 2.05. The van der Waals surface area contributed by atoms with Crippen LogP contribution in [0.15, 0.2) is 30.5 Å². The molecule has 17 heavy (non-hydrogen) atoms. The minimum Gasteiger partial charge on any atom is -0.470 e. The van der Waals surface area contributed by atoms with Crippen molar-refractivity contribution in [3.05, 3.63) is 47.7 Å². The van der Waals surface area contributed by atoms with Crippen molar-refractivity contribution in [3.63, 3.8) is 0 Å². The van der Waals surface area contributed by atoms with Crippen LogP contribution in [0, 0.1) is 11.6 Å². The van der Waals surface area contributed by atoms with Crippen molar-refractivity contribution in [2.45, 2.75) is 6.61 Å². The van der Waals surface area contributed by atoms with Gasteiger partial charge in [-0.2, -0.15) is 9.37 Å². The first-order valence-electron chi connectivity index (χ1n) is 4.81. The van der Waals surface area contributed by atoms with Crippen LogP contribution in [-0.2, 0) is 6.61 Å². The molecule has 0 unspecified atom stereocenters. The summed E-state index contributed by atoms with van der Waals surface area (Å²) in [5, 5.41) is 0. The number of nitrogens with zero attached hydrogens (tertiary/aromatic N) is 2. The van der Waals surface area contributed by atoms with Crippen molar-refractivity contribution in [2.24, 2.45) is 0 Å². The third-order valence-corrected chi connectivity index (χ3v) is 2.05. The first kappa shape index (κ1) is 11.3. The summed E-state index contributed by atoms with van der Waals surface area (Å²) >= 11 is 0. The van der Waals surface area contributed by atoms with Gasteiger partial charge in [0.1, 0.15) is 12.4 Å². The smallest absolute Gasteiger partial charge is 0.255 e. The number of anilines is 1. The lowest BCUT2D eigenvalue weighted by Gasteiger charge is -2.06. The van der Waals surface area contributed by atoms with Crippen LogP contribution in [-0.4, -0.2) is 9.97 Å². The Balaban J connectivity index is 2.12. The molecule has 0 aliphatic heterocycles. The van der Waals surface area contributed by atoms with Gasteiger partial charge in [0.15, 0.2) is 0 Å². The summed E-state index contributed by atoms with van der Waals surface area (Å²) in [4.78, 5) is 7.01. The minimum atomic E-state index is -0.740. The van der Waals surface area contributed by atoms with Crippen LogP contribution in [0.5, 0.6) is 5.88 Å². The van der Waals surface area contributed by atoms with Gasteiger partial charge in [0.25, 0.3) is 5.88 Å². The number of halogens is 2. The number of aromatic nitrogens is 2. The molecular weight excluding hydrogens is 228 g/mol. The molecular formula is C11H9F2N3O. The monoisotopic (exact) mass is 237 g/mol. The summed E-state index contributed by atoms with van der Waals surface area (Å²) in [5.41, 5.74) is 5.59. The molecule has 0 radical (unpaired) electrons. The van der Waals surface area contributed by atoms with Crippen molar-refractivity contribution in [1.82, 2.24) is 9.97 Å². The molecule has 0 fully saturated rings. The largest absolute Gasteiger partial charge is 0.470 e. The molecule has 1 heterocycles. The number of ether oxygens (including phenoxy) is 1. The SMILES string of the molecule is Nc1ncc(F)c(OCc2ccccc2F)n1. The van der Waals surface area contributed by atoms with Gasteiger partial charge in [0.2, 0.25) is 11.8 Å². The first-order chi connectivity index (χ1) is 8.16. The van der Waals surface area contributed by atoms with Gasteiger partial charge in [-0.1, -0.05) is 18.2 Å². The van der Waals surface area contributed by atoms with E-state index in [1.807, 2.05) is 0 Å². The molecule has 0 spiro atoms. The Kier molecular flexibility index (Phi) is 3.13. The second-order valence-corrected chi connectivity index (χ2v) is 3.26. The van der Waals surface area contributed by atoms with E-state index >= 15 is 0 Å². The van der Waals surface area contributed by atoms with E-state index in [0.717, 1.165) is 6.20 Å². The molecule has 1 aromatic carbocycles. The standard InChI is InChI=1S/C11H9F2N3O/c12-8-4-2-1-3-7(8)6-17-10-9(13)5-15-11(14)16-10/h1-5H,6H2,(H2,14,15,16). The quantitative estimate of drug-likeness (QED) is 0.885. The molecule has 2 aromatic rings. The van der Waals surface area contributed by atoms with Crippen LogP contribution in [0.1, 0.15) is 5.56 Å². The maximum Gasteiger partial charge on any atom is 0.255 e. The Hall–Kier alpha value is -2.24. The highest BCUT2D eigenvalue weighted by molar-refractivity contribution is 5.23. The van der Waals surface area contributed by atoms with Crippen LogP contribution < -0.4 is 10.5 Å². The Morgan fingerprint density at radius 3 is 2.71 bits per heavy atom. The van der Waals surface area contributed by atoms with E-state index in [-0.39, 0.29) is 18.4 Å². The second-order valence-electron chi connectivity index (χ2n) is 3.26. The van der Waals surface area contributed by atoms with Gasteiger partial charge in [-0.3, -0.25) is 0 Å². The molecule has 0 amide bonds. The summed E-state index contributed by atoms with van der Waals surface area (Å²) in [7, 11) is 0. The molecule has 4 nitrogen and oxygen atoms in total. The molecule has 0 bridgehead atoms. The van der Waals surface area contributed by atoms with Crippen molar-refractivity contribution in [3.8, 4) is 5.88 Å². The topological polar surface area (TPSA) is 61.0 Å². The van der Waals surface area contributed by atoms with Gasteiger partial charge in [-0.15, -0.1) is 0 Å². The average molecular weight is 237 g/mol. The number of nitrogen functional groups attached to an aromatic ring is 1. The van der Waals surface area contributed by atoms with Gasteiger partial charge >= 0.3 is 0 Å². The van der Waals surface area contributed by atoms with Crippen LogP contribution in [0.25, 0.3) is 0 Å². The fourth-order valence-electron chi connectivity index (χ4n) is 1.23. The highest BCUT2D eigenvalue weighted by atomic mass is 19.1. The van der Waals surface area contributed by atoms with Crippen LogP contribution in [0.4, 0.5) is 14.7 Å². The summed E-state index contributed by atoms with van der Waals surface area (Å²) in [6, 6.07) is 6.05. The Morgan fingerprint density at radius 2 is 1.94 bits per heavy atom. The van der Waals surface area contributed by atoms with Crippen LogP contribution in [0.3, 0.4) is 0 Å². The van der Waals surface area contributed by atoms with Gasteiger partial charge in [-0.05, 0) is 6.07 Å². The Morgan fingerprint density at radius 1 is 1.18 bits per heavy atom. The molecule has 0 saturated heterocycles. The predicted octanol–water partition coefficient (Wildman–Crippen LogP) is 1.92. The molecule has 6 heteroatoms. The van der Waals surface area contributed by atoms with Crippen molar-refractivity contribution in [2.75, 3.05) is 5.73 Å². The number of nitrogens with two attached hydrogens (primary N) is 1. The van der Waals surface area contributed by atoms with Crippen molar-refractivity contribution >= 4 is 5.95 Å². The summed E-state index contributed by atoms with van der Waals surface area (Å²) in [6.07, 6.45) is 0.902. The predicted molar refractivity (Wildman–Crippen MR) is 57.1 cm³/mol. The fourth-order valence-corrected chi connectivity index (χ4v) is 1.23. The van der Waals surface area contributed by atoms with Gasteiger partial charge in [0.05, 0.1) is 6.20 Å². The van der Waals surface area contributed by atoms with Gasteiger partial charge in [0, 0.05) is 5.56 Å². The number of benzene rings is 1. The lowest BCUT2D eigenvalue weighted by molar-refractivity contribution is 0.272. The Labute approximate surface area is 96.1 Å². The maximum atomic E-state index is 13.2. The maximum absolute atomic E-state index is 13.2. The lowest BCUT2D eigenvalue weighted by Crippen LogP contribution is -2.04.